The van der Waals surface area contributed by atoms with E-state index in [1.807, 2.05) is 0 Å². The number of nitrogens with one attached hydrogen (secondary N) is 1. The molecule has 1 amide bonds. The standard InChI is InChI=1S/C17H21N5O6.CH2O2/c18-3-5-25-7-8-26-6-4-20-16(23)11-27-13-2-1-12-9-14(21-22-19)17(24)28-15(12)10-13;2-1-3/h1-2,9-10H,3-8,11,18H2,(H,20,23);1H,(H,2,3). The molecule has 0 unspecified atom stereocenters. The molecule has 2 aromatic rings. The van der Waals surface area contributed by atoms with Crippen LogP contribution in [0.2, 0.25) is 0 Å². The molecule has 0 aliphatic rings. The number of nitrogens with zero attached hydrogens (tertiary/aromatic N) is 3. The molecule has 0 spiro atoms. The van der Waals surface area contributed by atoms with Gasteiger partial charge in [0.05, 0.1) is 33.0 Å². The number of hydrogen-bond donors (Lipinski definition) is 2. The Morgan fingerprint density at radius 3 is 2.65 bits per heavy atom. The number of fused-ring (bicyclic) bond motifs is 1. The highest BCUT2D eigenvalue weighted by Crippen LogP contribution is 2.22. The van der Waals surface area contributed by atoms with Crippen LogP contribution in [0.4, 0.5) is 5.69 Å². The molecular formula is C18H23N5O8. The van der Waals surface area contributed by atoms with Crippen LogP contribution in [0.25, 0.3) is 21.4 Å². The number of quaternary nitrogens is 1. The maximum atomic E-state index is 11.8. The summed E-state index contributed by atoms with van der Waals surface area (Å²) >= 11 is 0. The van der Waals surface area contributed by atoms with Crippen LogP contribution >= 0.6 is 0 Å². The third-order valence-electron chi connectivity index (χ3n) is 3.44. The summed E-state index contributed by atoms with van der Waals surface area (Å²) < 4.78 is 21.0. The Labute approximate surface area is 176 Å². The van der Waals surface area contributed by atoms with E-state index in [0.717, 1.165) is 6.54 Å². The van der Waals surface area contributed by atoms with Gasteiger partial charge in [-0.05, 0) is 23.7 Å². The van der Waals surface area contributed by atoms with Crippen molar-refractivity contribution < 1.29 is 39.1 Å². The van der Waals surface area contributed by atoms with Crippen LogP contribution in [-0.2, 0) is 19.1 Å². The minimum absolute atomic E-state index is 0.126. The highest BCUT2D eigenvalue weighted by molar-refractivity contribution is 5.81. The largest absolute Gasteiger partial charge is 0.554 e. The molecule has 0 fully saturated rings. The highest BCUT2D eigenvalue weighted by Gasteiger charge is 2.07. The Morgan fingerprint density at radius 2 is 1.97 bits per heavy atom. The fourth-order valence-corrected chi connectivity index (χ4v) is 2.17. The number of azide groups is 1. The highest BCUT2D eigenvalue weighted by atomic mass is 16.5. The van der Waals surface area contributed by atoms with Gasteiger partial charge in [0.1, 0.15) is 17.0 Å². The lowest BCUT2D eigenvalue weighted by Crippen LogP contribution is -2.52. The van der Waals surface area contributed by atoms with Crippen molar-refractivity contribution in [2.24, 2.45) is 5.11 Å². The maximum Gasteiger partial charge on any atom is 0.345 e. The third-order valence-corrected chi connectivity index (χ3v) is 3.44. The first-order valence-electron chi connectivity index (χ1n) is 9.08. The number of amides is 1. The van der Waals surface area contributed by atoms with Gasteiger partial charge in [0.2, 0.25) is 0 Å². The molecule has 13 nitrogen and oxygen atoms in total. The summed E-state index contributed by atoms with van der Waals surface area (Å²) in [4.78, 5) is 34.3. The zero-order chi connectivity index (χ0) is 22.9. The summed E-state index contributed by atoms with van der Waals surface area (Å²) in [6.45, 7) is 2.30. The van der Waals surface area contributed by atoms with Crippen molar-refractivity contribution in [3.8, 4) is 5.75 Å². The van der Waals surface area contributed by atoms with Gasteiger partial charge in [0.25, 0.3) is 5.91 Å². The normalized spacial score (nSPS) is 9.84. The van der Waals surface area contributed by atoms with Crippen LogP contribution < -0.4 is 26.5 Å². The average molecular weight is 437 g/mol. The molecule has 0 bridgehead atoms. The molecule has 0 atom stereocenters. The van der Waals surface area contributed by atoms with E-state index in [2.05, 4.69) is 21.1 Å². The first-order valence-corrected chi connectivity index (χ1v) is 9.08. The molecular weight excluding hydrogens is 414 g/mol. The number of carbonyl (C=O) groups excluding carboxylic acids is 2. The van der Waals surface area contributed by atoms with E-state index in [9.17, 15) is 9.59 Å². The van der Waals surface area contributed by atoms with Gasteiger partial charge in [-0.15, -0.1) is 0 Å². The molecule has 4 N–H and O–H groups in total. The molecule has 1 heterocycles. The summed E-state index contributed by atoms with van der Waals surface area (Å²) in [5, 5.41) is 14.7. The van der Waals surface area contributed by atoms with E-state index in [1.54, 1.807) is 12.1 Å². The summed E-state index contributed by atoms with van der Waals surface area (Å²) in [6, 6.07) is 6.15. The Morgan fingerprint density at radius 1 is 1.26 bits per heavy atom. The lowest BCUT2D eigenvalue weighted by molar-refractivity contribution is -0.374. The fourth-order valence-electron chi connectivity index (χ4n) is 2.17. The van der Waals surface area contributed by atoms with Crippen molar-refractivity contribution in [3.05, 3.63) is 45.1 Å². The summed E-state index contributed by atoms with van der Waals surface area (Å²) in [5.41, 5.74) is 11.5. The molecule has 0 saturated carbocycles. The van der Waals surface area contributed by atoms with Crippen LogP contribution in [0.3, 0.4) is 0 Å². The van der Waals surface area contributed by atoms with Crippen molar-refractivity contribution in [2.75, 3.05) is 46.1 Å². The molecule has 31 heavy (non-hydrogen) atoms. The average Bonchev–Trinajstić information content (AvgIpc) is 2.75. The Hall–Kier alpha value is -3.64. The molecule has 1 aromatic carbocycles. The van der Waals surface area contributed by atoms with Crippen LogP contribution in [0.1, 0.15) is 0 Å². The lowest BCUT2D eigenvalue weighted by atomic mass is 10.2. The number of carboxylic acid groups (broad SMARTS) is 1. The topological polar surface area (TPSA) is 204 Å². The fraction of sp³-hybridized carbons (Fsp3) is 0.389. The van der Waals surface area contributed by atoms with Gasteiger partial charge in [-0.3, -0.25) is 4.79 Å². The molecule has 2 rings (SSSR count). The molecule has 13 heteroatoms. The second-order valence-corrected chi connectivity index (χ2v) is 5.62. The minimum Gasteiger partial charge on any atom is -0.554 e. The van der Waals surface area contributed by atoms with Crippen molar-refractivity contribution in [3.63, 3.8) is 0 Å². The number of ether oxygens (including phenoxy) is 3. The molecule has 0 aliphatic carbocycles. The second-order valence-electron chi connectivity index (χ2n) is 5.62. The summed E-state index contributed by atoms with van der Waals surface area (Å²) in [7, 11) is 0. The quantitative estimate of drug-likeness (QED) is 0.104. The van der Waals surface area contributed by atoms with E-state index >= 15 is 0 Å². The van der Waals surface area contributed by atoms with E-state index in [4.69, 9.17) is 34.1 Å². The van der Waals surface area contributed by atoms with E-state index in [0.29, 0.717) is 44.1 Å². The number of benzene rings is 1. The first-order chi connectivity index (χ1) is 15.0. The molecule has 1 aromatic heterocycles. The number of carbonyl (C=O) groups is 2. The van der Waals surface area contributed by atoms with Crippen molar-refractivity contribution in [1.82, 2.24) is 5.32 Å². The molecule has 0 saturated heterocycles. The van der Waals surface area contributed by atoms with Crippen molar-refractivity contribution >= 4 is 29.0 Å². The van der Waals surface area contributed by atoms with Crippen molar-refractivity contribution in [2.45, 2.75) is 0 Å². The number of hydrogen-bond acceptors (Lipinski definition) is 9. The second kappa shape index (κ2) is 15.2. The zero-order valence-electron chi connectivity index (χ0n) is 16.7. The smallest absolute Gasteiger partial charge is 0.345 e. The molecule has 0 radical (unpaired) electrons. The predicted octanol–water partition coefficient (Wildman–Crippen LogP) is -1.13. The Kier molecular flexibility index (Phi) is 12.5. The summed E-state index contributed by atoms with van der Waals surface area (Å²) in [5.74, 6) is 0.0540. The van der Waals surface area contributed by atoms with Gasteiger partial charge in [-0.25, -0.2) is 4.79 Å². The predicted molar refractivity (Wildman–Crippen MR) is 105 cm³/mol. The lowest BCUT2D eigenvalue weighted by Gasteiger charge is -2.09. The Bertz CT molecular complexity index is 942. The van der Waals surface area contributed by atoms with Gasteiger partial charge >= 0.3 is 5.63 Å². The first kappa shape index (κ1) is 25.4. The van der Waals surface area contributed by atoms with Gasteiger partial charge in [0, 0.05) is 29.4 Å². The van der Waals surface area contributed by atoms with Crippen LogP contribution in [0.15, 0.2) is 38.6 Å². The van der Waals surface area contributed by atoms with E-state index < -0.39 is 12.1 Å². The van der Waals surface area contributed by atoms with Gasteiger partial charge in [-0.1, -0.05) is 5.11 Å². The van der Waals surface area contributed by atoms with Gasteiger partial charge < -0.3 is 39.6 Å². The number of rotatable bonds is 12. The van der Waals surface area contributed by atoms with Crippen molar-refractivity contribution in [1.29, 1.82) is 0 Å². The Balaban J connectivity index is 0.00000151. The monoisotopic (exact) mass is 437 g/mol. The van der Waals surface area contributed by atoms with Crippen LogP contribution in [0, 0.1) is 0 Å². The molecule has 168 valence electrons. The van der Waals surface area contributed by atoms with Gasteiger partial charge in [-0.2, -0.15) is 0 Å². The maximum absolute atomic E-state index is 11.8. The third kappa shape index (κ3) is 10.1. The van der Waals surface area contributed by atoms with Gasteiger partial charge in [0.15, 0.2) is 6.61 Å². The zero-order valence-corrected chi connectivity index (χ0v) is 16.7. The van der Waals surface area contributed by atoms with Crippen LogP contribution in [0.5, 0.6) is 5.75 Å². The minimum atomic E-state index is -0.753. The molecule has 0 aliphatic heterocycles. The SMILES string of the molecule is O=C[O-].[N-]=[N+]=Nc1cc2ccc(OCC(=O)NCCOCCOCC[NH3+])cc2oc1=O. The van der Waals surface area contributed by atoms with Crippen LogP contribution in [-0.4, -0.2) is 58.5 Å². The van der Waals surface area contributed by atoms with E-state index in [-0.39, 0.29) is 23.8 Å². The summed E-state index contributed by atoms with van der Waals surface area (Å²) in [6.07, 6.45) is 0. The van der Waals surface area contributed by atoms with E-state index in [1.165, 1.54) is 12.1 Å².